The highest BCUT2D eigenvalue weighted by Gasteiger charge is 2.52. The van der Waals surface area contributed by atoms with Crippen LogP contribution in [0.25, 0.3) is 6.08 Å². The molecule has 1 aliphatic heterocycles. The van der Waals surface area contributed by atoms with Gasteiger partial charge in [0.1, 0.15) is 0 Å². The van der Waals surface area contributed by atoms with Crippen LogP contribution in [-0.2, 0) is 9.31 Å². The van der Waals surface area contributed by atoms with Crippen molar-refractivity contribution in [2.45, 2.75) is 38.9 Å². The van der Waals surface area contributed by atoms with Crippen LogP contribution in [0.15, 0.2) is 17.6 Å². The van der Waals surface area contributed by atoms with Crippen LogP contribution in [0.2, 0.25) is 0 Å². The van der Waals surface area contributed by atoms with E-state index in [0.717, 1.165) is 12.1 Å². The molecule has 21 heavy (non-hydrogen) atoms. The molecule has 3 nitrogen and oxygen atoms in total. The minimum atomic E-state index is -0.867. The van der Waals surface area contributed by atoms with Crippen molar-refractivity contribution in [2.24, 2.45) is 0 Å². The zero-order chi connectivity index (χ0) is 15.8. The lowest BCUT2D eigenvalue weighted by Gasteiger charge is -2.32. The Kier molecular flexibility index (Phi) is 4.47. The Morgan fingerprint density at radius 1 is 1.19 bits per heavy atom. The van der Waals surface area contributed by atoms with Crippen LogP contribution in [0.3, 0.4) is 0 Å². The highest BCUT2D eigenvalue weighted by atomic mass is 32.1. The topological polar surface area (TPSA) is 31.4 Å². The van der Waals surface area contributed by atoms with Crippen LogP contribution >= 0.6 is 12.6 Å². The van der Waals surface area contributed by atoms with Gasteiger partial charge in [-0.2, -0.15) is 26.4 Å². The first-order valence-corrected chi connectivity index (χ1v) is 7.28. The summed E-state index contributed by atoms with van der Waals surface area (Å²) in [6.07, 6.45) is 1.61. The van der Waals surface area contributed by atoms with Crippen LogP contribution in [-0.4, -0.2) is 29.1 Å². The lowest BCUT2D eigenvalue weighted by atomic mass is 9.78. The normalized spacial score (nSPS) is 20.9. The number of hydrogen-bond donors (Lipinski definition) is 1. The standard InChI is InChI=1S/C14H18BF2NO2S/c1-13(2)14(3,4)20-15(19-13)10(8-21)5-9-6-11(16)18-12(17)7-9/h5-7,21H,8H2,1-4H3. The van der Waals surface area contributed by atoms with Gasteiger partial charge in [-0.25, -0.2) is 0 Å². The molecule has 114 valence electrons. The van der Waals surface area contributed by atoms with Crippen molar-refractivity contribution in [2.75, 3.05) is 5.75 Å². The predicted octanol–water partition coefficient (Wildman–Crippen LogP) is 3.30. The molecule has 0 amide bonds. The molecule has 1 aromatic heterocycles. The highest BCUT2D eigenvalue weighted by molar-refractivity contribution is 7.80. The lowest BCUT2D eigenvalue weighted by molar-refractivity contribution is 0.00578. The van der Waals surface area contributed by atoms with Crippen molar-refractivity contribution >= 4 is 25.8 Å². The molecule has 0 atom stereocenters. The zero-order valence-electron chi connectivity index (χ0n) is 12.5. The van der Waals surface area contributed by atoms with E-state index in [1.807, 2.05) is 27.7 Å². The first-order valence-electron chi connectivity index (χ1n) is 6.65. The summed E-state index contributed by atoms with van der Waals surface area (Å²) in [6.45, 7) is 7.76. The van der Waals surface area contributed by atoms with Gasteiger partial charge in [0, 0.05) is 17.9 Å². The van der Waals surface area contributed by atoms with Gasteiger partial charge in [0.15, 0.2) is 0 Å². The Labute approximate surface area is 129 Å². The van der Waals surface area contributed by atoms with E-state index >= 15 is 0 Å². The average Bonchev–Trinajstić information content (AvgIpc) is 2.54. The smallest absolute Gasteiger partial charge is 0.400 e. The van der Waals surface area contributed by atoms with Gasteiger partial charge in [0.25, 0.3) is 0 Å². The van der Waals surface area contributed by atoms with Crippen molar-refractivity contribution < 1.29 is 18.1 Å². The second-order valence-corrected chi connectivity index (χ2v) is 6.33. The van der Waals surface area contributed by atoms with E-state index in [0.29, 0.717) is 16.8 Å². The number of halogens is 2. The van der Waals surface area contributed by atoms with Crippen molar-refractivity contribution in [3.05, 3.63) is 35.1 Å². The van der Waals surface area contributed by atoms with Gasteiger partial charge in [-0.05, 0) is 38.7 Å². The van der Waals surface area contributed by atoms with Crippen LogP contribution in [0.4, 0.5) is 8.78 Å². The van der Waals surface area contributed by atoms with E-state index < -0.39 is 30.2 Å². The molecule has 0 radical (unpaired) electrons. The molecule has 1 fully saturated rings. The number of thiol groups is 1. The number of rotatable bonds is 3. The molecule has 1 aromatic rings. The molecule has 0 aliphatic carbocycles. The number of nitrogens with zero attached hydrogens (tertiary/aromatic N) is 1. The van der Waals surface area contributed by atoms with Crippen LogP contribution in [0.1, 0.15) is 33.3 Å². The maximum atomic E-state index is 13.1. The summed E-state index contributed by atoms with van der Waals surface area (Å²) in [5.41, 5.74) is 0.101. The molecule has 2 rings (SSSR count). The Bertz CT molecular complexity index is 542. The molecule has 0 bridgehead atoms. The molecule has 0 spiro atoms. The van der Waals surface area contributed by atoms with E-state index in [9.17, 15) is 8.78 Å². The van der Waals surface area contributed by atoms with Crippen molar-refractivity contribution in [3.8, 4) is 0 Å². The average molecular weight is 313 g/mol. The van der Waals surface area contributed by atoms with Gasteiger partial charge in [0.05, 0.1) is 11.2 Å². The lowest BCUT2D eigenvalue weighted by Crippen LogP contribution is -2.41. The minimum absolute atomic E-state index is 0.350. The van der Waals surface area contributed by atoms with E-state index in [1.165, 1.54) is 0 Å². The summed E-state index contributed by atoms with van der Waals surface area (Å²) >= 11 is 4.25. The minimum Gasteiger partial charge on any atom is -0.400 e. The fourth-order valence-electron chi connectivity index (χ4n) is 1.96. The Morgan fingerprint density at radius 2 is 1.67 bits per heavy atom. The molecule has 7 heteroatoms. The SMILES string of the molecule is CC1(C)OB(C(=Cc2cc(F)nc(F)c2)CS)OC1(C)C. The van der Waals surface area contributed by atoms with Gasteiger partial charge >= 0.3 is 7.12 Å². The van der Waals surface area contributed by atoms with Crippen molar-refractivity contribution in [3.63, 3.8) is 0 Å². The third-order valence-electron chi connectivity index (χ3n) is 3.88. The van der Waals surface area contributed by atoms with E-state index in [4.69, 9.17) is 9.31 Å². The second-order valence-electron chi connectivity index (χ2n) is 6.01. The number of aromatic nitrogens is 1. The Morgan fingerprint density at radius 3 is 2.10 bits per heavy atom. The van der Waals surface area contributed by atoms with Gasteiger partial charge in [-0.3, -0.25) is 0 Å². The first-order chi connectivity index (χ1) is 9.64. The number of pyridine rings is 1. The van der Waals surface area contributed by atoms with Gasteiger partial charge in [0.2, 0.25) is 11.9 Å². The van der Waals surface area contributed by atoms with E-state index in [-0.39, 0.29) is 0 Å². The summed E-state index contributed by atoms with van der Waals surface area (Å²) in [6, 6.07) is 2.30. The summed E-state index contributed by atoms with van der Waals surface area (Å²) in [4.78, 5) is 3.07. The van der Waals surface area contributed by atoms with Crippen molar-refractivity contribution in [1.82, 2.24) is 4.98 Å². The molecule has 0 saturated carbocycles. The maximum absolute atomic E-state index is 13.1. The second kappa shape index (κ2) is 5.70. The summed E-state index contributed by atoms with van der Waals surface area (Å²) in [7, 11) is -0.591. The molecule has 0 N–H and O–H groups in total. The third kappa shape index (κ3) is 3.47. The molecule has 0 aromatic carbocycles. The van der Waals surface area contributed by atoms with Crippen LogP contribution in [0.5, 0.6) is 0 Å². The summed E-state index contributed by atoms with van der Waals surface area (Å²) < 4.78 is 38.1. The molecule has 1 saturated heterocycles. The van der Waals surface area contributed by atoms with Crippen LogP contribution in [0, 0.1) is 11.9 Å². The molecular formula is C14H18BF2NO2S. The highest BCUT2D eigenvalue weighted by Crippen LogP contribution is 2.39. The predicted molar refractivity (Wildman–Crippen MR) is 82.1 cm³/mol. The Hall–Kier alpha value is -0.915. The van der Waals surface area contributed by atoms with E-state index in [1.54, 1.807) is 6.08 Å². The fourth-order valence-corrected chi connectivity index (χ4v) is 2.20. The molecule has 2 heterocycles. The Balaban J connectivity index is 2.30. The van der Waals surface area contributed by atoms with Crippen molar-refractivity contribution in [1.29, 1.82) is 0 Å². The fraction of sp³-hybridized carbons (Fsp3) is 0.500. The quantitative estimate of drug-likeness (QED) is 0.528. The van der Waals surface area contributed by atoms with Gasteiger partial charge < -0.3 is 9.31 Å². The number of hydrogen-bond acceptors (Lipinski definition) is 4. The maximum Gasteiger partial charge on any atom is 0.491 e. The largest absolute Gasteiger partial charge is 0.491 e. The molecule has 1 aliphatic rings. The summed E-state index contributed by atoms with van der Waals surface area (Å²) in [5.74, 6) is -1.38. The van der Waals surface area contributed by atoms with E-state index in [2.05, 4.69) is 17.6 Å². The third-order valence-corrected chi connectivity index (χ3v) is 4.24. The zero-order valence-corrected chi connectivity index (χ0v) is 13.4. The summed E-state index contributed by atoms with van der Waals surface area (Å²) in [5, 5.41) is 0. The van der Waals surface area contributed by atoms with Gasteiger partial charge in [-0.1, -0.05) is 6.08 Å². The molecule has 0 unspecified atom stereocenters. The van der Waals surface area contributed by atoms with Gasteiger partial charge in [-0.15, -0.1) is 0 Å². The monoisotopic (exact) mass is 313 g/mol. The molecular weight excluding hydrogens is 295 g/mol. The first kappa shape index (κ1) is 16.5. The van der Waals surface area contributed by atoms with Crippen LogP contribution < -0.4 is 0 Å².